The molecule has 0 atom stereocenters. The van der Waals surface area contributed by atoms with E-state index in [0.29, 0.717) is 0 Å². The first-order valence-electron chi connectivity index (χ1n) is 5.34. The van der Waals surface area contributed by atoms with Gasteiger partial charge in [-0.1, -0.05) is 0 Å². The fraction of sp³-hybridized carbons (Fsp3) is 0.364. The Labute approximate surface area is 123 Å². The highest BCUT2D eigenvalue weighted by Gasteiger charge is 2.44. The van der Waals surface area contributed by atoms with Crippen molar-refractivity contribution < 1.29 is 41.0 Å². The Hall–Kier alpha value is -1.58. The van der Waals surface area contributed by atoms with Crippen LogP contribution in [0, 0.1) is 0 Å². The second-order valence-electron chi connectivity index (χ2n) is 3.48. The Morgan fingerprint density at radius 1 is 1.19 bits per heavy atom. The highest BCUT2D eigenvalue weighted by atomic mass is 79.9. The van der Waals surface area contributed by atoms with E-state index in [2.05, 4.69) is 30.1 Å². The molecule has 1 aromatic carbocycles. The number of carbonyl (C=O) groups excluding carboxylic acids is 1. The van der Waals surface area contributed by atoms with E-state index in [1.54, 1.807) is 0 Å². The molecule has 0 fully saturated rings. The first-order chi connectivity index (χ1) is 9.55. The van der Waals surface area contributed by atoms with Gasteiger partial charge >= 0.3 is 18.4 Å². The van der Waals surface area contributed by atoms with Crippen LogP contribution in [0.5, 0.6) is 11.5 Å². The maximum absolute atomic E-state index is 13.3. The summed E-state index contributed by atoms with van der Waals surface area (Å²) in [7, 11) is 0. The van der Waals surface area contributed by atoms with E-state index in [4.69, 9.17) is 0 Å². The number of alkyl halides is 5. The molecule has 118 valence electrons. The molecule has 10 heteroatoms. The minimum absolute atomic E-state index is 0.278. The SMILES string of the molecule is CCOC(=O)C(F)(F)Oc1ccc(OC(F)(F)F)c(Br)c1. The highest BCUT2D eigenvalue weighted by molar-refractivity contribution is 9.10. The molecule has 0 amide bonds. The summed E-state index contributed by atoms with van der Waals surface area (Å²) in [6, 6.07) is 2.35. The number of ether oxygens (including phenoxy) is 3. The first-order valence-corrected chi connectivity index (χ1v) is 6.14. The molecule has 0 bridgehead atoms. The Bertz CT molecular complexity index is 518. The molecule has 0 radical (unpaired) electrons. The molecular weight excluding hydrogens is 371 g/mol. The molecule has 0 saturated heterocycles. The summed E-state index contributed by atoms with van der Waals surface area (Å²) in [6.45, 7) is 1.05. The van der Waals surface area contributed by atoms with Crippen molar-refractivity contribution >= 4 is 21.9 Å². The molecule has 1 rings (SSSR count). The van der Waals surface area contributed by atoms with Crippen LogP contribution in [0.3, 0.4) is 0 Å². The number of hydrogen-bond donors (Lipinski definition) is 0. The summed E-state index contributed by atoms with van der Waals surface area (Å²) in [6.07, 6.45) is -9.19. The fourth-order valence-corrected chi connectivity index (χ4v) is 1.60. The number of esters is 1. The Balaban J connectivity index is 2.87. The van der Waals surface area contributed by atoms with Crippen molar-refractivity contribution in [2.24, 2.45) is 0 Å². The zero-order valence-electron chi connectivity index (χ0n) is 10.3. The van der Waals surface area contributed by atoms with Crippen molar-refractivity contribution in [2.75, 3.05) is 6.61 Å². The molecule has 0 heterocycles. The van der Waals surface area contributed by atoms with Crippen LogP contribution in [0.2, 0.25) is 0 Å². The zero-order chi connectivity index (χ0) is 16.3. The Morgan fingerprint density at radius 3 is 2.29 bits per heavy atom. The van der Waals surface area contributed by atoms with Crippen LogP contribution in [0.4, 0.5) is 22.0 Å². The molecule has 0 aliphatic carbocycles. The Morgan fingerprint density at radius 2 is 1.81 bits per heavy atom. The average molecular weight is 379 g/mol. The van der Waals surface area contributed by atoms with E-state index in [0.717, 1.165) is 18.2 Å². The van der Waals surface area contributed by atoms with Crippen LogP contribution < -0.4 is 9.47 Å². The smallest absolute Gasteiger partial charge is 0.459 e. The standard InChI is InChI=1S/C11H8BrF5O4/c1-2-19-9(18)10(13,14)20-6-3-4-8(7(12)5-6)21-11(15,16)17/h3-5H,2H2,1H3. The maximum Gasteiger partial charge on any atom is 0.573 e. The van der Waals surface area contributed by atoms with Gasteiger partial charge in [0.1, 0.15) is 11.5 Å². The lowest BCUT2D eigenvalue weighted by atomic mass is 10.3. The normalized spacial score (nSPS) is 12.0. The summed E-state index contributed by atoms with van der Waals surface area (Å²) < 4.78 is 74.2. The number of carbonyl (C=O) groups is 1. The van der Waals surface area contributed by atoms with E-state index in [-0.39, 0.29) is 11.1 Å². The van der Waals surface area contributed by atoms with Crippen molar-refractivity contribution in [3.63, 3.8) is 0 Å². The number of rotatable bonds is 5. The van der Waals surface area contributed by atoms with Crippen LogP contribution >= 0.6 is 15.9 Å². The molecule has 1 aromatic rings. The van der Waals surface area contributed by atoms with Gasteiger partial charge in [0.15, 0.2) is 0 Å². The van der Waals surface area contributed by atoms with E-state index in [1.807, 2.05) is 0 Å². The maximum atomic E-state index is 13.3. The van der Waals surface area contributed by atoms with Gasteiger partial charge in [0.2, 0.25) is 0 Å². The molecule has 4 nitrogen and oxygen atoms in total. The van der Waals surface area contributed by atoms with Gasteiger partial charge in [-0.15, -0.1) is 13.2 Å². The molecule has 0 aliphatic rings. The third kappa shape index (κ3) is 5.37. The molecule has 0 spiro atoms. The van der Waals surface area contributed by atoms with E-state index in [9.17, 15) is 26.7 Å². The summed E-state index contributed by atoms with van der Waals surface area (Å²) in [5.74, 6) is -3.10. The summed E-state index contributed by atoms with van der Waals surface area (Å²) in [5.41, 5.74) is 0. The van der Waals surface area contributed by atoms with Crippen LogP contribution in [-0.4, -0.2) is 25.0 Å². The highest BCUT2D eigenvalue weighted by Crippen LogP contribution is 2.34. The number of benzene rings is 1. The second kappa shape index (κ2) is 6.46. The topological polar surface area (TPSA) is 44.8 Å². The van der Waals surface area contributed by atoms with Gasteiger partial charge in [-0.05, 0) is 41.1 Å². The van der Waals surface area contributed by atoms with Crippen molar-refractivity contribution in [3.8, 4) is 11.5 Å². The second-order valence-corrected chi connectivity index (χ2v) is 4.33. The lowest BCUT2D eigenvalue weighted by molar-refractivity contribution is -0.274. The van der Waals surface area contributed by atoms with Crippen LogP contribution in [0.1, 0.15) is 6.92 Å². The van der Waals surface area contributed by atoms with E-state index < -0.39 is 29.9 Å². The minimum atomic E-state index is -4.93. The average Bonchev–Trinajstić information content (AvgIpc) is 2.31. The lowest BCUT2D eigenvalue weighted by Gasteiger charge is -2.17. The molecule has 0 N–H and O–H groups in total. The van der Waals surface area contributed by atoms with Gasteiger partial charge in [-0.2, -0.15) is 8.78 Å². The van der Waals surface area contributed by atoms with Crippen molar-refractivity contribution in [2.45, 2.75) is 19.4 Å². The molecule has 0 aromatic heterocycles. The number of hydrogen-bond acceptors (Lipinski definition) is 4. The lowest BCUT2D eigenvalue weighted by Crippen LogP contribution is -2.36. The van der Waals surface area contributed by atoms with Crippen molar-refractivity contribution in [3.05, 3.63) is 22.7 Å². The largest absolute Gasteiger partial charge is 0.573 e. The predicted octanol–water partition coefficient (Wildman–Crippen LogP) is 3.88. The van der Waals surface area contributed by atoms with Crippen LogP contribution in [0.25, 0.3) is 0 Å². The molecular formula is C11H8BrF5O4. The number of halogens is 6. The third-order valence-electron chi connectivity index (χ3n) is 1.89. The summed E-state index contributed by atoms with van der Waals surface area (Å²) >= 11 is 2.71. The van der Waals surface area contributed by atoms with Gasteiger partial charge in [0, 0.05) is 0 Å². The summed E-state index contributed by atoms with van der Waals surface area (Å²) in [4.78, 5) is 10.9. The fourth-order valence-electron chi connectivity index (χ4n) is 1.16. The first kappa shape index (κ1) is 17.5. The molecule has 0 aliphatic heterocycles. The van der Waals surface area contributed by atoms with Gasteiger partial charge < -0.3 is 14.2 Å². The molecule has 0 saturated carbocycles. The van der Waals surface area contributed by atoms with Gasteiger partial charge in [0.05, 0.1) is 11.1 Å². The third-order valence-corrected chi connectivity index (χ3v) is 2.51. The van der Waals surface area contributed by atoms with Gasteiger partial charge in [-0.25, -0.2) is 4.79 Å². The quantitative estimate of drug-likeness (QED) is 0.576. The van der Waals surface area contributed by atoms with E-state index >= 15 is 0 Å². The Kier molecular flexibility index (Phi) is 5.37. The predicted molar refractivity (Wildman–Crippen MR) is 63.0 cm³/mol. The van der Waals surface area contributed by atoms with Crippen molar-refractivity contribution in [1.82, 2.24) is 0 Å². The van der Waals surface area contributed by atoms with Crippen LogP contribution in [-0.2, 0) is 9.53 Å². The molecule has 0 unspecified atom stereocenters. The van der Waals surface area contributed by atoms with Gasteiger partial charge in [0.25, 0.3) is 0 Å². The monoisotopic (exact) mass is 378 g/mol. The minimum Gasteiger partial charge on any atom is -0.459 e. The van der Waals surface area contributed by atoms with Crippen molar-refractivity contribution in [1.29, 1.82) is 0 Å². The summed E-state index contributed by atoms with van der Waals surface area (Å²) in [5, 5.41) is 0. The zero-order valence-corrected chi connectivity index (χ0v) is 11.9. The van der Waals surface area contributed by atoms with Crippen LogP contribution in [0.15, 0.2) is 22.7 Å². The molecule has 21 heavy (non-hydrogen) atoms. The van der Waals surface area contributed by atoms with Gasteiger partial charge in [-0.3, -0.25) is 0 Å². The van der Waals surface area contributed by atoms with E-state index in [1.165, 1.54) is 6.92 Å².